The molecule has 82 valence electrons. The molecule has 2 atom stereocenters. The fourth-order valence-electron chi connectivity index (χ4n) is 2.71. The Bertz CT molecular complexity index is 376. The second-order valence-corrected chi connectivity index (χ2v) is 4.21. The lowest BCUT2D eigenvalue weighted by Gasteiger charge is -2.15. The highest BCUT2D eigenvalue weighted by molar-refractivity contribution is 6.00. The van der Waals surface area contributed by atoms with Gasteiger partial charge in [-0.25, -0.2) is 0 Å². The third-order valence-corrected chi connectivity index (χ3v) is 3.32. The van der Waals surface area contributed by atoms with Crippen LogP contribution in [0.5, 0.6) is 0 Å². The first-order valence-electron chi connectivity index (χ1n) is 5.90. The minimum absolute atomic E-state index is 0.300. The van der Waals surface area contributed by atoms with Crippen molar-refractivity contribution in [1.29, 1.82) is 0 Å². The van der Waals surface area contributed by atoms with Gasteiger partial charge in [0.1, 0.15) is 11.5 Å². The van der Waals surface area contributed by atoms with Crippen LogP contribution in [0.3, 0.4) is 0 Å². The number of ketones is 1. The summed E-state index contributed by atoms with van der Waals surface area (Å²) in [6, 6.07) is 1.90. The molecule has 2 bridgehead atoms. The van der Waals surface area contributed by atoms with Gasteiger partial charge < -0.3 is 4.42 Å². The fourth-order valence-corrected chi connectivity index (χ4v) is 2.71. The summed E-state index contributed by atoms with van der Waals surface area (Å²) in [6.07, 6.45) is 3.22. The van der Waals surface area contributed by atoms with Crippen LogP contribution in [0.2, 0.25) is 0 Å². The van der Waals surface area contributed by atoms with Gasteiger partial charge in [0.2, 0.25) is 0 Å². The van der Waals surface area contributed by atoms with Gasteiger partial charge in [0.05, 0.1) is 5.56 Å². The fraction of sp³-hybridized carbons (Fsp3) is 0.615. The first kappa shape index (κ1) is 10.5. The van der Waals surface area contributed by atoms with E-state index in [2.05, 4.69) is 0 Å². The monoisotopic (exact) mass is 206 g/mol. The predicted molar refractivity (Wildman–Crippen MR) is 59.2 cm³/mol. The SMILES string of the molecule is CC.Cc1cc2c(o1)C1CCC(C1)C2=O. The molecule has 2 aliphatic rings. The number of carbonyl (C=O) groups is 1. The lowest BCUT2D eigenvalue weighted by atomic mass is 9.87. The highest BCUT2D eigenvalue weighted by atomic mass is 16.3. The van der Waals surface area contributed by atoms with Crippen molar-refractivity contribution >= 4 is 5.78 Å². The molecule has 1 saturated carbocycles. The first-order chi connectivity index (χ1) is 7.25. The highest BCUT2D eigenvalue weighted by Crippen LogP contribution is 2.46. The summed E-state index contributed by atoms with van der Waals surface area (Å²) in [4.78, 5) is 11.8. The Morgan fingerprint density at radius 2 is 1.93 bits per heavy atom. The van der Waals surface area contributed by atoms with Crippen LogP contribution in [-0.4, -0.2) is 5.78 Å². The van der Waals surface area contributed by atoms with Gasteiger partial charge in [-0.1, -0.05) is 13.8 Å². The van der Waals surface area contributed by atoms with Crippen LogP contribution < -0.4 is 0 Å². The van der Waals surface area contributed by atoms with Crippen LogP contribution >= 0.6 is 0 Å². The van der Waals surface area contributed by atoms with Crippen molar-refractivity contribution in [3.8, 4) is 0 Å². The number of aryl methyl sites for hydroxylation is 1. The number of Topliss-reactive ketones (excluding diaryl/α,β-unsaturated/α-hetero) is 1. The molecular weight excluding hydrogens is 188 g/mol. The average molecular weight is 206 g/mol. The third-order valence-electron chi connectivity index (χ3n) is 3.32. The third kappa shape index (κ3) is 1.52. The van der Waals surface area contributed by atoms with Crippen molar-refractivity contribution in [2.75, 3.05) is 0 Å². The summed E-state index contributed by atoms with van der Waals surface area (Å²) in [7, 11) is 0. The molecule has 15 heavy (non-hydrogen) atoms. The first-order valence-corrected chi connectivity index (χ1v) is 5.90. The number of hydrogen-bond donors (Lipinski definition) is 0. The summed E-state index contributed by atoms with van der Waals surface area (Å²) >= 11 is 0. The molecule has 0 amide bonds. The number of fused-ring (bicyclic) bond motifs is 4. The normalized spacial score (nSPS) is 27.0. The molecule has 2 unspecified atom stereocenters. The molecule has 0 aromatic carbocycles. The maximum absolute atomic E-state index is 11.8. The van der Waals surface area contributed by atoms with Crippen molar-refractivity contribution in [1.82, 2.24) is 0 Å². The molecule has 1 fully saturated rings. The van der Waals surface area contributed by atoms with Gasteiger partial charge in [0, 0.05) is 11.8 Å². The number of rotatable bonds is 0. The topological polar surface area (TPSA) is 30.2 Å². The highest BCUT2D eigenvalue weighted by Gasteiger charge is 2.41. The zero-order chi connectivity index (χ0) is 11.0. The molecule has 1 aromatic heterocycles. The van der Waals surface area contributed by atoms with Crippen LogP contribution in [0, 0.1) is 12.8 Å². The van der Waals surface area contributed by atoms with E-state index in [0.29, 0.717) is 17.6 Å². The van der Waals surface area contributed by atoms with Crippen molar-refractivity contribution in [2.45, 2.75) is 46.0 Å². The molecule has 2 heteroatoms. The quantitative estimate of drug-likeness (QED) is 0.648. The van der Waals surface area contributed by atoms with Gasteiger partial charge in [-0.2, -0.15) is 0 Å². The molecule has 0 spiro atoms. The van der Waals surface area contributed by atoms with Gasteiger partial charge in [-0.15, -0.1) is 0 Å². The Kier molecular flexibility index (Phi) is 2.68. The molecule has 0 radical (unpaired) electrons. The van der Waals surface area contributed by atoms with E-state index in [9.17, 15) is 4.79 Å². The van der Waals surface area contributed by atoms with Crippen LogP contribution in [0.25, 0.3) is 0 Å². The molecular formula is C13H18O2. The van der Waals surface area contributed by atoms with Gasteiger partial charge in [0.15, 0.2) is 5.78 Å². The van der Waals surface area contributed by atoms with Crippen molar-refractivity contribution in [3.05, 3.63) is 23.2 Å². The summed E-state index contributed by atoms with van der Waals surface area (Å²) in [6.45, 7) is 5.92. The Balaban J connectivity index is 0.000000404. The van der Waals surface area contributed by atoms with Crippen LogP contribution in [0.4, 0.5) is 0 Å². The number of furan rings is 1. The average Bonchev–Trinajstić information content (AvgIpc) is 2.83. The van der Waals surface area contributed by atoms with Crippen LogP contribution in [0.15, 0.2) is 10.5 Å². The van der Waals surface area contributed by atoms with E-state index in [1.165, 1.54) is 0 Å². The van der Waals surface area contributed by atoms with E-state index in [4.69, 9.17) is 4.42 Å². The van der Waals surface area contributed by atoms with Crippen LogP contribution in [-0.2, 0) is 0 Å². The summed E-state index contributed by atoms with van der Waals surface area (Å²) in [5.41, 5.74) is 0.872. The zero-order valence-corrected chi connectivity index (χ0v) is 9.67. The standard InChI is InChI=1S/C11H12O2.C2H6/c1-6-4-9-10(12)7-2-3-8(5-7)11(9)13-6;1-2/h4,7-8H,2-3,5H2,1H3;1-2H3. The van der Waals surface area contributed by atoms with Crippen molar-refractivity contribution < 1.29 is 9.21 Å². The van der Waals surface area contributed by atoms with E-state index in [0.717, 1.165) is 36.3 Å². The van der Waals surface area contributed by atoms with E-state index < -0.39 is 0 Å². The van der Waals surface area contributed by atoms with Gasteiger partial charge in [0.25, 0.3) is 0 Å². The molecule has 1 aromatic rings. The largest absolute Gasteiger partial charge is 0.465 e. The molecule has 0 N–H and O–H groups in total. The Morgan fingerprint density at radius 1 is 1.27 bits per heavy atom. The molecule has 2 aliphatic carbocycles. The van der Waals surface area contributed by atoms with Crippen molar-refractivity contribution in [2.24, 2.45) is 5.92 Å². The predicted octanol–water partition coefficient (Wildman–Crippen LogP) is 3.69. The Labute approximate surface area is 90.7 Å². The van der Waals surface area contributed by atoms with E-state index in [-0.39, 0.29) is 0 Å². The number of carbonyl (C=O) groups excluding carboxylic acids is 1. The van der Waals surface area contributed by atoms with Gasteiger partial charge in [-0.05, 0) is 32.3 Å². The molecule has 3 rings (SSSR count). The molecule has 1 heterocycles. The summed E-state index contributed by atoms with van der Waals surface area (Å²) < 4.78 is 5.59. The minimum Gasteiger partial charge on any atom is -0.465 e. The van der Waals surface area contributed by atoms with Gasteiger partial charge >= 0.3 is 0 Å². The summed E-state index contributed by atoms with van der Waals surface area (Å²) in [5.74, 6) is 3.00. The Hall–Kier alpha value is -1.05. The molecule has 0 saturated heterocycles. The van der Waals surface area contributed by atoms with Crippen LogP contribution in [0.1, 0.15) is 60.9 Å². The van der Waals surface area contributed by atoms with E-state index in [1.54, 1.807) is 0 Å². The lowest BCUT2D eigenvalue weighted by molar-refractivity contribution is 0.0910. The second-order valence-electron chi connectivity index (χ2n) is 4.21. The number of hydrogen-bond acceptors (Lipinski definition) is 2. The zero-order valence-electron chi connectivity index (χ0n) is 9.67. The lowest BCUT2D eigenvalue weighted by Crippen LogP contribution is -2.17. The van der Waals surface area contributed by atoms with E-state index in [1.807, 2.05) is 26.8 Å². The van der Waals surface area contributed by atoms with Gasteiger partial charge in [-0.3, -0.25) is 4.79 Å². The second kappa shape index (κ2) is 3.84. The van der Waals surface area contributed by atoms with E-state index >= 15 is 0 Å². The summed E-state index contributed by atoms with van der Waals surface area (Å²) in [5, 5.41) is 0. The smallest absolute Gasteiger partial charge is 0.169 e. The maximum atomic E-state index is 11.8. The maximum Gasteiger partial charge on any atom is 0.169 e. The minimum atomic E-state index is 0.300. The Morgan fingerprint density at radius 3 is 2.67 bits per heavy atom. The van der Waals surface area contributed by atoms with Crippen molar-refractivity contribution in [3.63, 3.8) is 0 Å². The molecule has 2 nitrogen and oxygen atoms in total. The molecule has 0 aliphatic heterocycles.